The highest BCUT2D eigenvalue weighted by Crippen LogP contribution is 2.28. The van der Waals surface area contributed by atoms with Gasteiger partial charge in [-0.2, -0.15) is 0 Å². The standard InChI is InChI=1S/C15H16ClN/c1-10-5-11(2)7-13(6-10)15-8-14(16)4-3-12(15)9-17/h3-8H,9,17H2,1-2H3. The zero-order chi connectivity index (χ0) is 12.4. The number of aryl methyl sites for hydroxylation is 2. The van der Waals surface area contributed by atoms with Crippen molar-refractivity contribution >= 4 is 11.6 Å². The van der Waals surface area contributed by atoms with E-state index in [0.717, 1.165) is 16.1 Å². The van der Waals surface area contributed by atoms with Crippen molar-refractivity contribution in [2.45, 2.75) is 20.4 Å². The van der Waals surface area contributed by atoms with Gasteiger partial charge in [0, 0.05) is 11.6 Å². The molecule has 0 saturated carbocycles. The van der Waals surface area contributed by atoms with E-state index in [9.17, 15) is 0 Å². The van der Waals surface area contributed by atoms with Crippen molar-refractivity contribution in [3.63, 3.8) is 0 Å². The lowest BCUT2D eigenvalue weighted by molar-refractivity contribution is 1.07. The summed E-state index contributed by atoms with van der Waals surface area (Å²) in [5, 5.41) is 0.747. The minimum absolute atomic E-state index is 0.527. The normalized spacial score (nSPS) is 10.6. The van der Waals surface area contributed by atoms with Crippen LogP contribution in [0.3, 0.4) is 0 Å². The van der Waals surface area contributed by atoms with Crippen molar-refractivity contribution in [2.75, 3.05) is 0 Å². The summed E-state index contributed by atoms with van der Waals surface area (Å²) in [5.74, 6) is 0. The van der Waals surface area contributed by atoms with Crippen LogP contribution in [0, 0.1) is 13.8 Å². The average molecular weight is 246 g/mol. The van der Waals surface area contributed by atoms with E-state index in [1.807, 2.05) is 18.2 Å². The van der Waals surface area contributed by atoms with E-state index in [2.05, 4.69) is 32.0 Å². The molecule has 1 nitrogen and oxygen atoms in total. The molecule has 0 fully saturated rings. The molecule has 2 aromatic carbocycles. The van der Waals surface area contributed by atoms with Crippen molar-refractivity contribution < 1.29 is 0 Å². The molecule has 0 aliphatic heterocycles. The van der Waals surface area contributed by atoms with E-state index < -0.39 is 0 Å². The highest BCUT2D eigenvalue weighted by Gasteiger charge is 2.06. The minimum atomic E-state index is 0.527. The Balaban J connectivity index is 2.62. The average Bonchev–Trinajstić information content (AvgIpc) is 2.27. The molecule has 0 aliphatic rings. The summed E-state index contributed by atoms with van der Waals surface area (Å²) in [4.78, 5) is 0. The monoisotopic (exact) mass is 245 g/mol. The van der Waals surface area contributed by atoms with Gasteiger partial charge >= 0.3 is 0 Å². The Morgan fingerprint density at radius 1 is 1.00 bits per heavy atom. The largest absolute Gasteiger partial charge is 0.326 e. The van der Waals surface area contributed by atoms with Crippen LogP contribution >= 0.6 is 11.6 Å². The van der Waals surface area contributed by atoms with Crippen LogP contribution in [0.1, 0.15) is 16.7 Å². The molecule has 0 heterocycles. The topological polar surface area (TPSA) is 26.0 Å². The maximum absolute atomic E-state index is 6.06. The molecule has 0 unspecified atom stereocenters. The molecule has 17 heavy (non-hydrogen) atoms. The minimum Gasteiger partial charge on any atom is -0.326 e. The predicted molar refractivity (Wildman–Crippen MR) is 74.3 cm³/mol. The van der Waals surface area contributed by atoms with E-state index in [0.29, 0.717) is 6.54 Å². The second kappa shape index (κ2) is 4.91. The van der Waals surface area contributed by atoms with Crippen molar-refractivity contribution in [1.82, 2.24) is 0 Å². The van der Waals surface area contributed by atoms with Crippen LogP contribution in [0.2, 0.25) is 5.02 Å². The van der Waals surface area contributed by atoms with Gasteiger partial charge in [-0.25, -0.2) is 0 Å². The molecule has 2 rings (SSSR count). The Labute approximate surface area is 107 Å². The van der Waals surface area contributed by atoms with Gasteiger partial charge in [-0.05, 0) is 42.7 Å². The zero-order valence-corrected chi connectivity index (χ0v) is 10.9. The van der Waals surface area contributed by atoms with E-state index in [1.165, 1.54) is 16.7 Å². The first-order chi connectivity index (χ1) is 8.10. The Hall–Kier alpha value is -1.31. The molecule has 0 saturated heterocycles. The molecule has 0 aliphatic carbocycles. The fraction of sp³-hybridized carbons (Fsp3) is 0.200. The number of nitrogens with two attached hydrogens (primary N) is 1. The zero-order valence-electron chi connectivity index (χ0n) is 10.1. The maximum atomic E-state index is 6.06. The molecule has 0 aromatic heterocycles. The summed E-state index contributed by atoms with van der Waals surface area (Å²) in [6.07, 6.45) is 0. The van der Waals surface area contributed by atoms with Crippen LogP contribution in [-0.2, 0) is 6.54 Å². The molecule has 2 aromatic rings. The maximum Gasteiger partial charge on any atom is 0.0412 e. The van der Waals surface area contributed by atoms with Gasteiger partial charge in [0.2, 0.25) is 0 Å². The van der Waals surface area contributed by atoms with Gasteiger partial charge in [0.15, 0.2) is 0 Å². The summed E-state index contributed by atoms with van der Waals surface area (Å²) < 4.78 is 0. The first-order valence-electron chi connectivity index (χ1n) is 5.67. The number of hydrogen-bond donors (Lipinski definition) is 1. The highest BCUT2D eigenvalue weighted by atomic mass is 35.5. The Morgan fingerprint density at radius 3 is 2.24 bits per heavy atom. The number of hydrogen-bond acceptors (Lipinski definition) is 1. The Morgan fingerprint density at radius 2 is 1.65 bits per heavy atom. The SMILES string of the molecule is Cc1cc(C)cc(-c2cc(Cl)ccc2CN)c1. The molecular weight excluding hydrogens is 230 g/mol. The lowest BCUT2D eigenvalue weighted by Gasteiger charge is -2.10. The lowest BCUT2D eigenvalue weighted by atomic mass is 9.96. The fourth-order valence-corrected chi connectivity index (χ4v) is 2.30. The lowest BCUT2D eigenvalue weighted by Crippen LogP contribution is -1.99. The summed E-state index contributed by atoms with van der Waals surface area (Å²) in [6, 6.07) is 12.4. The van der Waals surface area contributed by atoms with Crippen LogP contribution in [0.25, 0.3) is 11.1 Å². The van der Waals surface area contributed by atoms with Crippen LogP contribution in [0.15, 0.2) is 36.4 Å². The van der Waals surface area contributed by atoms with Gasteiger partial charge in [-0.3, -0.25) is 0 Å². The molecular formula is C15H16ClN. The predicted octanol–water partition coefficient (Wildman–Crippen LogP) is 4.08. The van der Waals surface area contributed by atoms with Gasteiger partial charge in [-0.15, -0.1) is 0 Å². The Bertz CT molecular complexity index is 526. The Kier molecular flexibility index (Phi) is 3.51. The molecule has 0 amide bonds. The third-order valence-electron chi connectivity index (χ3n) is 2.82. The number of halogens is 1. The van der Waals surface area contributed by atoms with Crippen molar-refractivity contribution in [3.8, 4) is 11.1 Å². The quantitative estimate of drug-likeness (QED) is 0.848. The van der Waals surface area contributed by atoms with Gasteiger partial charge in [0.25, 0.3) is 0 Å². The molecule has 0 spiro atoms. The van der Waals surface area contributed by atoms with Gasteiger partial charge in [0.05, 0.1) is 0 Å². The third kappa shape index (κ3) is 2.68. The van der Waals surface area contributed by atoms with Crippen LogP contribution in [0.5, 0.6) is 0 Å². The third-order valence-corrected chi connectivity index (χ3v) is 3.06. The molecule has 0 radical (unpaired) electrons. The second-order valence-corrected chi connectivity index (χ2v) is 4.82. The molecule has 2 N–H and O–H groups in total. The van der Waals surface area contributed by atoms with E-state index >= 15 is 0 Å². The van der Waals surface area contributed by atoms with Crippen LogP contribution < -0.4 is 5.73 Å². The summed E-state index contributed by atoms with van der Waals surface area (Å²) in [7, 11) is 0. The molecule has 88 valence electrons. The van der Waals surface area contributed by atoms with Gasteiger partial charge in [-0.1, -0.05) is 47.0 Å². The van der Waals surface area contributed by atoms with E-state index in [1.54, 1.807) is 0 Å². The first kappa shape index (κ1) is 12.2. The van der Waals surface area contributed by atoms with E-state index in [4.69, 9.17) is 17.3 Å². The highest BCUT2D eigenvalue weighted by molar-refractivity contribution is 6.30. The van der Waals surface area contributed by atoms with Crippen molar-refractivity contribution in [2.24, 2.45) is 5.73 Å². The molecule has 2 heteroatoms. The number of rotatable bonds is 2. The van der Waals surface area contributed by atoms with Crippen molar-refractivity contribution in [3.05, 3.63) is 58.1 Å². The number of benzene rings is 2. The summed E-state index contributed by atoms with van der Waals surface area (Å²) in [6.45, 7) is 4.73. The molecule has 0 atom stereocenters. The molecule has 0 bridgehead atoms. The first-order valence-corrected chi connectivity index (χ1v) is 6.05. The summed E-state index contributed by atoms with van der Waals surface area (Å²) >= 11 is 6.06. The fourth-order valence-electron chi connectivity index (χ4n) is 2.13. The van der Waals surface area contributed by atoms with Gasteiger partial charge in [0.1, 0.15) is 0 Å². The summed E-state index contributed by atoms with van der Waals surface area (Å²) in [5.41, 5.74) is 11.7. The van der Waals surface area contributed by atoms with Crippen LogP contribution in [-0.4, -0.2) is 0 Å². The van der Waals surface area contributed by atoms with Crippen LogP contribution in [0.4, 0.5) is 0 Å². The second-order valence-electron chi connectivity index (χ2n) is 4.38. The van der Waals surface area contributed by atoms with Gasteiger partial charge < -0.3 is 5.73 Å². The van der Waals surface area contributed by atoms with E-state index in [-0.39, 0.29) is 0 Å². The van der Waals surface area contributed by atoms with Crippen molar-refractivity contribution in [1.29, 1.82) is 0 Å². The smallest absolute Gasteiger partial charge is 0.0412 e.